The zero-order chi connectivity index (χ0) is 10.8. The van der Waals surface area contributed by atoms with Gasteiger partial charge in [0, 0.05) is 0 Å². The average Bonchev–Trinajstić information content (AvgIpc) is 2.64. The van der Waals surface area contributed by atoms with Gasteiger partial charge in [-0.05, 0) is 12.1 Å². The molecule has 0 spiro atoms. The maximum atomic E-state index is 11.2. The number of carboxylic acids is 1. The fourth-order valence-corrected chi connectivity index (χ4v) is 1.28. The first-order valence-corrected chi connectivity index (χ1v) is 4.15. The molecule has 6 heteroatoms. The van der Waals surface area contributed by atoms with Crippen LogP contribution in [0.5, 0.6) is 0 Å². The van der Waals surface area contributed by atoms with Gasteiger partial charge in [0.05, 0.1) is 11.3 Å². The van der Waals surface area contributed by atoms with Crippen LogP contribution >= 0.6 is 0 Å². The number of benzene rings is 1. The lowest BCUT2D eigenvalue weighted by molar-refractivity contribution is 0.0697. The van der Waals surface area contributed by atoms with E-state index in [2.05, 4.69) is 10.2 Å². The molecule has 0 fully saturated rings. The molecule has 0 aliphatic heterocycles. The van der Waals surface area contributed by atoms with Crippen molar-refractivity contribution in [1.29, 1.82) is 0 Å². The van der Waals surface area contributed by atoms with Crippen molar-refractivity contribution in [3.63, 3.8) is 0 Å². The van der Waals surface area contributed by atoms with Crippen LogP contribution < -0.4 is 5.69 Å². The number of H-pyrrole nitrogens is 1. The Balaban J connectivity index is 2.68. The first-order chi connectivity index (χ1) is 7.20. The summed E-state index contributed by atoms with van der Waals surface area (Å²) in [6.07, 6.45) is 1.24. The fourth-order valence-electron chi connectivity index (χ4n) is 1.28. The van der Waals surface area contributed by atoms with E-state index in [9.17, 15) is 9.59 Å². The number of carbonyl (C=O) groups is 1. The normalized spacial score (nSPS) is 10.1. The Bertz CT molecular complexity index is 555. The number of rotatable bonds is 2. The molecular weight excluding hydrogens is 198 g/mol. The van der Waals surface area contributed by atoms with Gasteiger partial charge in [-0.2, -0.15) is 5.10 Å². The minimum absolute atomic E-state index is 0.0565. The molecule has 0 saturated carbocycles. The summed E-state index contributed by atoms with van der Waals surface area (Å²) in [7, 11) is 0. The largest absolute Gasteiger partial charge is 0.478 e. The Morgan fingerprint density at radius 3 is 2.73 bits per heavy atom. The van der Waals surface area contributed by atoms with Crippen molar-refractivity contribution < 1.29 is 9.90 Å². The van der Waals surface area contributed by atoms with Gasteiger partial charge in [-0.1, -0.05) is 12.1 Å². The lowest BCUT2D eigenvalue weighted by Gasteiger charge is -2.03. The first kappa shape index (κ1) is 9.20. The lowest BCUT2D eigenvalue weighted by atomic mass is 10.2. The highest BCUT2D eigenvalue weighted by atomic mass is 16.4. The van der Waals surface area contributed by atoms with Gasteiger partial charge < -0.3 is 5.11 Å². The molecule has 1 heterocycles. The molecule has 76 valence electrons. The maximum absolute atomic E-state index is 11.2. The Kier molecular flexibility index (Phi) is 2.09. The minimum Gasteiger partial charge on any atom is -0.478 e. The summed E-state index contributed by atoms with van der Waals surface area (Å²) in [6.45, 7) is 0. The van der Waals surface area contributed by atoms with Gasteiger partial charge in [0.2, 0.25) is 0 Å². The van der Waals surface area contributed by atoms with E-state index in [1.165, 1.54) is 12.4 Å². The Hall–Kier alpha value is -2.37. The topological polar surface area (TPSA) is 88.0 Å². The highest BCUT2D eigenvalue weighted by Crippen LogP contribution is 2.11. The number of aromatic nitrogens is 3. The van der Waals surface area contributed by atoms with E-state index in [1.54, 1.807) is 18.2 Å². The van der Waals surface area contributed by atoms with Crippen LogP contribution in [0.15, 0.2) is 35.4 Å². The number of aromatic carboxylic acids is 1. The van der Waals surface area contributed by atoms with E-state index in [4.69, 9.17) is 5.11 Å². The van der Waals surface area contributed by atoms with Crippen LogP contribution in [-0.4, -0.2) is 25.8 Å². The third-order valence-corrected chi connectivity index (χ3v) is 1.95. The maximum Gasteiger partial charge on any atom is 0.347 e. The second-order valence-electron chi connectivity index (χ2n) is 2.85. The summed E-state index contributed by atoms with van der Waals surface area (Å²) in [5.74, 6) is -1.08. The van der Waals surface area contributed by atoms with Gasteiger partial charge in [-0.25, -0.2) is 19.3 Å². The van der Waals surface area contributed by atoms with E-state index in [0.717, 1.165) is 4.57 Å². The molecule has 0 unspecified atom stereocenters. The SMILES string of the molecule is O=C(O)c1ccccc1-n1cn[nH]c1=O. The third kappa shape index (κ3) is 1.52. The van der Waals surface area contributed by atoms with Gasteiger partial charge >= 0.3 is 11.7 Å². The van der Waals surface area contributed by atoms with Crippen molar-refractivity contribution in [1.82, 2.24) is 14.8 Å². The van der Waals surface area contributed by atoms with Crippen LogP contribution in [0.4, 0.5) is 0 Å². The standard InChI is InChI=1S/C9H7N3O3/c13-8(14)6-3-1-2-4-7(6)12-5-10-11-9(12)15/h1-5H,(H,11,15)(H,13,14). The van der Waals surface area contributed by atoms with Crippen LogP contribution in [0.3, 0.4) is 0 Å². The zero-order valence-corrected chi connectivity index (χ0v) is 7.54. The Morgan fingerprint density at radius 1 is 1.40 bits per heavy atom. The molecule has 0 amide bonds. The van der Waals surface area contributed by atoms with Crippen LogP contribution in [0.2, 0.25) is 0 Å². The predicted octanol–water partition coefficient (Wildman–Crippen LogP) is 0.259. The van der Waals surface area contributed by atoms with E-state index in [1.807, 2.05) is 0 Å². The summed E-state index contributed by atoms with van der Waals surface area (Å²) in [6, 6.07) is 6.22. The van der Waals surface area contributed by atoms with Gasteiger partial charge in [0.25, 0.3) is 0 Å². The lowest BCUT2D eigenvalue weighted by Crippen LogP contribution is -2.17. The number of carboxylic acid groups (broad SMARTS) is 1. The van der Waals surface area contributed by atoms with E-state index < -0.39 is 11.7 Å². The second kappa shape index (κ2) is 3.41. The van der Waals surface area contributed by atoms with Gasteiger partial charge in [0.15, 0.2) is 0 Å². The summed E-state index contributed by atoms with van der Waals surface area (Å²) in [4.78, 5) is 22.1. The van der Waals surface area contributed by atoms with E-state index in [-0.39, 0.29) is 5.56 Å². The fraction of sp³-hybridized carbons (Fsp3) is 0. The van der Waals surface area contributed by atoms with Crippen molar-refractivity contribution in [2.24, 2.45) is 0 Å². The molecule has 2 N–H and O–H groups in total. The molecule has 0 bridgehead atoms. The molecule has 2 rings (SSSR count). The Labute approximate surface area is 83.8 Å². The van der Waals surface area contributed by atoms with Crippen molar-refractivity contribution in [3.05, 3.63) is 46.6 Å². The van der Waals surface area contributed by atoms with Crippen molar-refractivity contribution >= 4 is 5.97 Å². The zero-order valence-electron chi connectivity index (χ0n) is 7.54. The smallest absolute Gasteiger partial charge is 0.347 e. The number of para-hydroxylation sites is 1. The number of nitrogens with one attached hydrogen (secondary N) is 1. The molecule has 6 nitrogen and oxygen atoms in total. The molecule has 15 heavy (non-hydrogen) atoms. The molecule has 1 aromatic heterocycles. The number of nitrogens with zero attached hydrogens (tertiary/aromatic N) is 2. The predicted molar refractivity (Wildman–Crippen MR) is 51.1 cm³/mol. The van der Waals surface area contributed by atoms with Gasteiger partial charge in [-0.3, -0.25) is 0 Å². The molecule has 1 aromatic carbocycles. The van der Waals surface area contributed by atoms with E-state index in [0.29, 0.717) is 5.69 Å². The minimum atomic E-state index is -1.08. The quantitative estimate of drug-likeness (QED) is 0.736. The molecule has 2 aromatic rings. The summed E-state index contributed by atoms with van der Waals surface area (Å²) in [5, 5.41) is 14.6. The molecule has 0 atom stereocenters. The molecule has 0 saturated heterocycles. The second-order valence-corrected chi connectivity index (χ2v) is 2.85. The molecule has 0 aliphatic carbocycles. The number of aromatic amines is 1. The highest BCUT2D eigenvalue weighted by Gasteiger charge is 2.11. The van der Waals surface area contributed by atoms with E-state index >= 15 is 0 Å². The van der Waals surface area contributed by atoms with Crippen molar-refractivity contribution in [2.75, 3.05) is 0 Å². The van der Waals surface area contributed by atoms with Crippen LogP contribution in [0.25, 0.3) is 5.69 Å². The van der Waals surface area contributed by atoms with Crippen LogP contribution in [-0.2, 0) is 0 Å². The van der Waals surface area contributed by atoms with Crippen LogP contribution in [0, 0.1) is 0 Å². The third-order valence-electron chi connectivity index (χ3n) is 1.95. The monoisotopic (exact) mass is 205 g/mol. The van der Waals surface area contributed by atoms with Crippen molar-refractivity contribution in [2.45, 2.75) is 0 Å². The average molecular weight is 205 g/mol. The summed E-state index contributed by atoms with van der Waals surface area (Å²) < 4.78 is 1.14. The molecule has 0 radical (unpaired) electrons. The highest BCUT2D eigenvalue weighted by molar-refractivity contribution is 5.91. The number of hydrogen-bond acceptors (Lipinski definition) is 3. The van der Waals surface area contributed by atoms with Crippen molar-refractivity contribution in [3.8, 4) is 5.69 Å². The Morgan fingerprint density at radius 2 is 2.13 bits per heavy atom. The molecular formula is C9H7N3O3. The van der Waals surface area contributed by atoms with Gasteiger partial charge in [-0.15, -0.1) is 0 Å². The number of hydrogen-bond donors (Lipinski definition) is 2. The van der Waals surface area contributed by atoms with Crippen LogP contribution in [0.1, 0.15) is 10.4 Å². The van der Waals surface area contributed by atoms with Gasteiger partial charge in [0.1, 0.15) is 6.33 Å². The summed E-state index contributed by atoms with van der Waals surface area (Å²) in [5.41, 5.74) is -0.117. The summed E-state index contributed by atoms with van der Waals surface area (Å²) >= 11 is 0. The molecule has 0 aliphatic rings. The first-order valence-electron chi connectivity index (χ1n) is 4.15.